The van der Waals surface area contributed by atoms with E-state index in [1.54, 1.807) is 0 Å². The Balaban J connectivity index is -0.0000000108. The van der Waals surface area contributed by atoms with Crippen molar-refractivity contribution in [1.82, 2.24) is 154 Å². The lowest BCUT2D eigenvalue weighted by Crippen LogP contribution is -1.81. The van der Waals surface area contributed by atoms with Crippen molar-refractivity contribution in [1.29, 1.82) is 0 Å². The van der Waals surface area contributed by atoms with Crippen LogP contribution >= 0.6 is 0 Å². The van der Waals surface area contributed by atoms with Gasteiger partial charge in [0, 0.05) is 0 Å². The van der Waals surface area contributed by atoms with Crippen LogP contribution in [0.4, 0.5) is 0 Å². The van der Waals surface area contributed by atoms with Crippen LogP contribution in [0.5, 0.6) is 0 Å². The van der Waals surface area contributed by atoms with Gasteiger partial charge in [0.1, 0.15) is 0 Å². The van der Waals surface area contributed by atoms with Crippen LogP contribution in [0, 0.1) is 303 Å². The lowest BCUT2D eigenvalue weighted by molar-refractivity contribution is -0.742. The molecule has 105 N–H and O–H groups in total. The molecule has 0 rings (SSSR count). The number of hydrogen-bond acceptors (Lipinski definition) is 85. The van der Waals surface area contributed by atoms with Gasteiger partial charge in [-0.15, -0.1) is 303 Å². The maximum Gasteiger partial charge on any atom is 0.291 e. The van der Waals surface area contributed by atoms with Crippen LogP contribution in [0.15, 0.2) is 0 Å². The Morgan fingerprint density at radius 1 is 0.0621 bits per heavy atom. The summed E-state index contributed by atoms with van der Waals surface area (Å²) in [5, 5.41) is 409. The summed E-state index contributed by atoms with van der Waals surface area (Å²) >= 11 is 0. The van der Waals surface area contributed by atoms with Crippen molar-refractivity contribution in [3.8, 4) is 0 Å². The predicted octanol–water partition coefficient (Wildman–Crippen LogP) is -6.38. The van der Waals surface area contributed by atoms with Crippen LogP contribution < -0.4 is 154 Å². The van der Waals surface area contributed by atoms with Gasteiger partial charge in [-0.25, -0.2) is 0 Å². The minimum Gasteiger partial charge on any atom is -0.344 e. The van der Waals surface area contributed by atoms with E-state index in [2.05, 4.69) is 0 Å². The molecule has 0 unspecified atom stereocenters. The number of nitrogens with zero attached hydrogens (tertiary/aromatic N) is 30. The molecule has 0 aromatic carbocycles. The van der Waals surface area contributed by atoms with Gasteiger partial charge in [0.05, 0.1) is 0 Å². The van der Waals surface area contributed by atoms with E-state index in [1.165, 1.54) is 0 Å². The molecule has 0 atom stereocenters. The standard InChI is InChI=1S/30HNO3.25H3N/c30*2-1(3)4;;;;;;;;;;;;;;;;;;;;;;;;;/h30*(H,2,3,4);25*1H3. The van der Waals surface area contributed by atoms with Gasteiger partial charge in [-0.05, 0) is 0 Å². The Hall–Kier alpha value is -25.0. The Kier molecular flexibility index (Phi) is 1090. The van der Waals surface area contributed by atoms with Gasteiger partial charge < -0.3 is 310 Å². The van der Waals surface area contributed by atoms with E-state index in [9.17, 15) is 0 Å². The Morgan fingerprint density at radius 2 is 0.0621 bits per heavy atom. The van der Waals surface area contributed by atoms with Crippen LogP contribution in [0.25, 0.3) is 0 Å². The molecule has 0 amide bonds. The van der Waals surface area contributed by atoms with Gasteiger partial charge in [0.15, 0.2) is 0 Å². The Bertz CT molecular complexity index is 1710. The fraction of sp³-hybridized carbons (Fsp3) is 0. The zero-order valence-electron chi connectivity index (χ0n) is 69.0. The molecule has 0 saturated carbocycles. The van der Waals surface area contributed by atoms with Crippen molar-refractivity contribution < 1.29 is 309 Å². The van der Waals surface area contributed by atoms with E-state index in [0.717, 1.165) is 0 Å². The fourth-order valence-electron chi connectivity index (χ4n) is 0. The van der Waals surface area contributed by atoms with E-state index in [1.807, 2.05) is 0 Å². The van der Waals surface area contributed by atoms with Crippen molar-refractivity contribution in [3.05, 3.63) is 303 Å². The molecule has 0 aromatic heterocycles. The first-order valence-corrected chi connectivity index (χ1v) is 17.0. The summed E-state index contributed by atoms with van der Waals surface area (Å²) in [6, 6.07) is 0. The number of hydrogen-bond donors (Lipinski definition) is 55. The van der Waals surface area contributed by atoms with Gasteiger partial charge >= 0.3 is 0 Å². The first kappa shape index (κ1) is 402. The molecule has 0 fully saturated rings. The van der Waals surface area contributed by atoms with Crippen molar-refractivity contribution in [2.45, 2.75) is 0 Å². The van der Waals surface area contributed by atoms with E-state index in [4.69, 9.17) is 460 Å². The molecule has 0 aliphatic carbocycles. The molecule has 0 saturated heterocycles. The first-order valence-electron chi connectivity index (χ1n) is 17.0. The molecule has 145 heavy (non-hydrogen) atoms. The molecule has 0 aliphatic rings. The van der Waals surface area contributed by atoms with Gasteiger partial charge in [-0.2, -0.15) is 0 Å². The predicted molar refractivity (Wildman–Crippen MR) is 389 cm³/mol. The van der Waals surface area contributed by atoms with Crippen LogP contribution in [0.1, 0.15) is 0 Å². The third-order valence-electron chi connectivity index (χ3n) is 0. The van der Waals surface area contributed by atoms with Crippen LogP contribution in [0.2, 0.25) is 0 Å². The second-order valence-electron chi connectivity index (χ2n) is 7.14. The highest BCUT2D eigenvalue weighted by Gasteiger charge is 1.75. The second-order valence-corrected chi connectivity index (χ2v) is 7.14. The highest BCUT2D eigenvalue weighted by molar-refractivity contribution is 3.92. The molecule has 0 spiro atoms. The molecular weight excluding hydrogens is 2210 g/mol. The van der Waals surface area contributed by atoms with Crippen molar-refractivity contribution in [3.63, 3.8) is 0 Å². The molecule has 0 aliphatic heterocycles. The maximum absolute atomic E-state index is 8.36. The summed E-state index contributed by atoms with van der Waals surface area (Å²) in [5.74, 6) is 0. The van der Waals surface area contributed by atoms with Gasteiger partial charge in [-0.1, -0.05) is 0 Å². The third kappa shape index (κ3) is 2610. The average molecular weight is 2320 g/mol. The molecule has 0 bridgehead atoms. The third-order valence-corrected chi connectivity index (χ3v) is 0. The zero-order chi connectivity index (χ0) is 107. The second kappa shape index (κ2) is 392. The summed E-state index contributed by atoms with van der Waals surface area (Å²) in [4.78, 5) is 251. The van der Waals surface area contributed by atoms with E-state index in [0.29, 0.717) is 0 Å². The topological polar surface area (TPSA) is 2780 Å². The summed E-state index contributed by atoms with van der Waals surface area (Å²) in [7, 11) is 0. The molecule has 920 valence electrons. The van der Waals surface area contributed by atoms with E-state index >= 15 is 0 Å². The first-order chi connectivity index (χ1) is 52.0. The van der Waals surface area contributed by atoms with Crippen molar-refractivity contribution in [2.75, 3.05) is 0 Å². The zero-order valence-corrected chi connectivity index (χ0v) is 69.0. The summed E-state index contributed by atoms with van der Waals surface area (Å²) in [6.45, 7) is 0. The Labute approximate surface area is 767 Å². The number of rotatable bonds is 0. The van der Waals surface area contributed by atoms with Gasteiger partial charge in [0.25, 0.3) is 153 Å². The fourth-order valence-corrected chi connectivity index (χ4v) is 0. The highest BCUT2D eigenvalue weighted by Crippen LogP contribution is 1.49. The Morgan fingerprint density at radius 3 is 0.0621 bits per heavy atom. The SMILES string of the molecule is N.N.N.N.N.N.N.N.N.N.N.N.N.N.N.N.N.N.N.N.N.N.N.N.N.O=[N+]([O-])O.O=[N+]([O-])O.O=[N+]([O-])O.O=[N+]([O-])O.O=[N+]([O-])O.O=[N+]([O-])O.O=[N+]([O-])O.O=[N+]([O-])O.O=[N+]([O-])O.O=[N+]([O-])O.O=[N+]([O-])O.O=[N+]([O-])O.O=[N+]([O-])O.O=[N+]([O-])O.O=[N+]([O-])O.O=[N+]([O-])O.O=[N+]([O-])O.O=[N+]([O-])O.O=[N+]([O-])O.O=[N+]([O-])O.O=[N+]([O-])O.O=[N+]([O-])O.O=[N+]([O-])O.O=[N+]([O-])O.O=[N+]([O-])O.O=[N+]([O-])O.O=[N+]([O-])O.O=[N+]([O-])O.O=[N+]([O-])O.O=[N+]([O-])O. The van der Waals surface area contributed by atoms with E-state index in [-0.39, 0.29) is 154 Å². The monoisotopic (exact) mass is 2320 g/mol. The average Bonchev–Trinajstić information content (AvgIpc) is 3.29. The smallest absolute Gasteiger partial charge is 0.291 e. The lowest BCUT2D eigenvalue weighted by Gasteiger charge is -1.56. The van der Waals surface area contributed by atoms with Crippen molar-refractivity contribution in [2.24, 2.45) is 0 Å². The van der Waals surface area contributed by atoms with Crippen LogP contribution in [-0.4, -0.2) is 309 Å². The molecule has 0 heterocycles. The molecule has 0 radical (unpaired) electrons. The summed E-state index contributed by atoms with van der Waals surface area (Å²) < 4.78 is 0. The lowest BCUT2D eigenvalue weighted by atomic mass is 13.1. The molecule has 145 heteroatoms. The molecule has 0 aromatic rings. The quantitative estimate of drug-likeness (QED) is 0.0792. The van der Waals surface area contributed by atoms with E-state index < -0.39 is 153 Å². The largest absolute Gasteiger partial charge is 0.344 e. The van der Waals surface area contributed by atoms with Gasteiger partial charge in [0.2, 0.25) is 0 Å². The normalized spacial score (nSPS) is 4.97. The van der Waals surface area contributed by atoms with Gasteiger partial charge in [-0.3, -0.25) is 0 Å². The summed E-state index contributed by atoms with van der Waals surface area (Å²) in [6.07, 6.45) is 0. The minimum atomic E-state index is -1.50. The van der Waals surface area contributed by atoms with Crippen LogP contribution in [-0.2, 0) is 0 Å². The molecule has 145 nitrogen and oxygen atoms in total. The maximum atomic E-state index is 8.36. The summed E-state index contributed by atoms with van der Waals surface area (Å²) in [5.41, 5.74) is 0. The molecular formula is H105N55O90. The van der Waals surface area contributed by atoms with Crippen molar-refractivity contribution >= 4 is 0 Å². The minimum absolute atomic E-state index is 0. The highest BCUT2D eigenvalue weighted by atomic mass is 17.0. The van der Waals surface area contributed by atoms with Crippen LogP contribution in [0.3, 0.4) is 0 Å².